The van der Waals surface area contributed by atoms with Crippen molar-refractivity contribution in [1.82, 2.24) is 0 Å². The molecule has 0 radical (unpaired) electrons. The molecule has 1 N–H and O–H groups in total. The molecule has 2 nitrogen and oxygen atoms in total. The second-order valence-electron chi connectivity index (χ2n) is 11.8. The van der Waals surface area contributed by atoms with Crippen LogP contribution in [0.25, 0.3) is 0 Å². The second kappa shape index (κ2) is 8.15. The van der Waals surface area contributed by atoms with Crippen molar-refractivity contribution in [1.29, 1.82) is 0 Å². The summed E-state index contributed by atoms with van der Waals surface area (Å²) in [7, 11) is 0. The van der Waals surface area contributed by atoms with Crippen LogP contribution < -0.4 is 0 Å². The molecule has 2 heteroatoms. The highest BCUT2D eigenvalue weighted by Crippen LogP contribution is 2.61. The molecule has 8 atom stereocenters. The van der Waals surface area contributed by atoms with E-state index in [9.17, 15) is 5.11 Å². The van der Waals surface area contributed by atoms with Gasteiger partial charge < -0.3 is 9.84 Å². The van der Waals surface area contributed by atoms with Gasteiger partial charge in [0.15, 0.2) is 0 Å². The third kappa shape index (κ3) is 3.72. The molecule has 2 aliphatic carbocycles. The van der Waals surface area contributed by atoms with Gasteiger partial charge in [-0.15, -0.1) is 0 Å². The SMILES string of the molecule is CC(C)[C@H](C)/C=C/[C@H](C)[C@H]1CC[C@H]2C3=CC[C@H]4C[C@@H](O)CC[C@]4(C)C(=CC[C@]12C)O3. The summed E-state index contributed by atoms with van der Waals surface area (Å²) >= 11 is 0. The van der Waals surface area contributed by atoms with Crippen molar-refractivity contribution in [2.45, 2.75) is 92.6 Å². The molecule has 168 valence electrons. The minimum Gasteiger partial charge on any atom is -0.466 e. The van der Waals surface area contributed by atoms with Crippen LogP contribution >= 0.6 is 0 Å². The maximum atomic E-state index is 10.3. The van der Waals surface area contributed by atoms with Crippen LogP contribution in [0.5, 0.6) is 0 Å². The highest BCUT2D eigenvalue weighted by molar-refractivity contribution is 5.25. The second-order valence-corrected chi connectivity index (χ2v) is 11.8. The molecule has 0 saturated heterocycles. The Morgan fingerprint density at radius 3 is 2.57 bits per heavy atom. The fourth-order valence-corrected chi connectivity index (χ4v) is 7.00. The number of hydrogen-bond donors (Lipinski definition) is 1. The molecule has 2 saturated carbocycles. The quantitative estimate of drug-likeness (QED) is 0.492. The van der Waals surface area contributed by atoms with Crippen LogP contribution in [0, 0.1) is 46.3 Å². The van der Waals surface area contributed by atoms with E-state index in [1.165, 1.54) is 24.4 Å². The monoisotopic (exact) mass is 412 g/mol. The van der Waals surface area contributed by atoms with Gasteiger partial charge in [-0.25, -0.2) is 0 Å². The van der Waals surface area contributed by atoms with Gasteiger partial charge in [-0.1, -0.05) is 53.7 Å². The summed E-state index contributed by atoms with van der Waals surface area (Å²) in [6.07, 6.45) is 17.3. The van der Waals surface area contributed by atoms with E-state index < -0.39 is 0 Å². The summed E-state index contributed by atoms with van der Waals surface area (Å²) in [4.78, 5) is 0. The lowest BCUT2D eigenvalue weighted by Crippen LogP contribution is -2.37. The number of fused-ring (bicyclic) bond motifs is 6. The van der Waals surface area contributed by atoms with Crippen LogP contribution in [0.1, 0.15) is 86.5 Å². The first-order chi connectivity index (χ1) is 14.1. The Labute approximate surface area is 184 Å². The minimum absolute atomic E-state index is 0.0835. The van der Waals surface area contributed by atoms with Gasteiger partial charge in [0.1, 0.15) is 11.5 Å². The Bertz CT molecular complexity index is 731. The lowest BCUT2D eigenvalue weighted by molar-refractivity contribution is 0.0165. The molecule has 4 aliphatic rings. The van der Waals surface area contributed by atoms with E-state index in [1.54, 1.807) is 0 Å². The number of aliphatic hydroxyl groups is 1. The smallest absolute Gasteiger partial charge is 0.106 e. The zero-order valence-corrected chi connectivity index (χ0v) is 20.2. The number of aliphatic hydroxyl groups excluding tert-OH is 1. The zero-order valence-electron chi connectivity index (χ0n) is 20.2. The summed E-state index contributed by atoms with van der Waals surface area (Å²) in [5, 5.41) is 10.3. The maximum absolute atomic E-state index is 10.3. The molecule has 0 aromatic rings. The fraction of sp³-hybridized carbons (Fsp3) is 0.786. The van der Waals surface area contributed by atoms with Crippen LogP contribution in [0.2, 0.25) is 0 Å². The van der Waals surface area contributed by atoms with Crippen LogP contribution in [0.3, 0.4) is 0 Å². The minimum atomic E-state index is -0.135. The van der Waals surface area contributed by atoms with Crippen molar-refractivity contribution < 1.29 is 9.84 Å². The first-order valence-electron chi connectivity index (χ1n) is 12.6. The summed E-state index contributed by atoms with van der Waals surface area (Å²) in [6, 6.07) is 0. The summed E-state index contributed by atoms with van der Waals surface area (Å²) in [5.74, 6) is 6.16. The van der Waals surface area contributed by atoms with E-state index >= 15 is 0 Å². The molecule has 2 aliphatic heterocycles. The van der Waals surface area contributed by atoms with Gasteiger partial charge >= 0.3 is 0 Å². The Morgan fingerprint density at radius 2 is 1.83 bits per heavy atom. The van der Waals surface area contributed by atoms with E-state index in [1.807, 2.05) is 0 Å². The van der Waals surface area contributed by atoms with Crippen molar-refractivity contribution in [3.8, 4) is 0 Å². The number of allylic oxidation sites excluding steroid dienone is 6. The van der Waals surface area contributed by atoms with Crippen molar-refractivity contribution in [3.63, 3.8) is 0 Å². The van der Waals surface area contributed by atoms with Crippen molar-refractivity contribution >= 4 is 0 Å². The molecular formula is C28H44O2. The fourth-order valence-electron chi connectivity index (χ4n) is 7.00. The molecule has 30 heavy (non-hydrogen) atoms. The molecule has 2 fully saturated rings. The standard InChI is InChI=1S/C28H44O2/c1-18(2)19(3)7-8-20(4)23-10-11-24-25-12-9-21-17-22(29)13-15-27(21,5)26(30-25)14-16-28(23,24)6/h7-8,12,14,18-24,29H,9-11,13,15-17H2,1-6H3/b8-7+/t19-,20+,21+,22+,23-,24+,27+,28-/m1/s1. The lowest BCUT2D eigenvalue weighted by atomic mass is 9.62. The Kier molecular flexibility index (Phi) is 6.03. The van der Waals surface area contributed by atoms with Crippen LogP contribution in [-0.4, -0.2) is 11.2 Å². The van der Waals surface area contributed by atoms with E-state index in [4.69, 9.17) is 4.74 Å². The van der Waals surface area contributed by atoms with Crippen molar-refractivity contribution in [2.24, 2.45) is 46.3 Å². The van der Waals surface area contributed by atoms with E-state index in [0.29, 0.717) is 35.5 Å². The number of rotatable bonds is 4. The van der Waals surface area contributed by atoms with E-state index in [-0.39, 0.29) is 16.9 Å². The van der Waals surface area contributed by atoms with Gasteiger partial charge in [0.05, 0.1) is 6.10 Å². The maximum Gasteiger partial charge on any atom is 0.106 e. The van der Waals surface area contributed by atoms with Crippen molar-refractivity contribution in [3.05, 3.63) is 35.8 Å². The molecule has 4 rings (SSSR count). The van der Waals surface area contributed by atoms with Crippen LogP contribution in [0.15, 0.2) is 35.8 Å². The predicted octanol–water partition coefficient (Wildman–Crippen LogP) is 7.26. The Hall–Kier alpha value is -1.02. The molecule has 2 heterocycles. The predicted molar refractivity (Wildman–Crippen MR) is 125 cm³/mol. The molecule has 0 spiro atoms. The molecular weight excluding hydrogens is 368 g/mol. The third-order valence-corrected chi connectivity index (χ3v) is 9.73. The van der Waals surface area contributed by atoms with E-state index in [0.717, 1.165) is 32.1 Å². The van der Waals surface area contributed by atoms with Gasteiger partial charge in [0, 0.05) is 11.3 Å². The lowest BCUT2D eigenvalue weighted by Gasteiger charge is -2.42. The average molecular weight is 413 g/mol. The highest BCUT2D eigenvalue weighted by Gasteiger charge is 2.53. The van der Waals surface area contributed by atoms with Crippen LogP contribution in [-0.2, 0) is 4.74 Å². The number of hydrogen-bond acceptors (Lipinski definition) is 2. The summed E-state index contributed by atoms with van der Waals surface area (Å²) in [5.41, 5.74) is 0.357. The van der Waals surface area contributed by atoms with Gasteiger partial charge in [-0.05, 0) is 92.1 Å². The highest BCUT2D eigenvalue weighted by atomic mass is 16.5. The summed E-state index contributed by atoms with van der Waals surface area (Å²) < 4.78 is 6.74. The van der Waals surface area contributed by atoms with Crippen LogP contribution in [0.4, 0.5) is 0 Å². The Balaban J connectivity index is 1.61. The zero-order chi connectivity index (χ0) is 21.7. The largest absolute Gasteiger partial charge is 0.466 e. The van der Waals surface area contributed by atoms with Gasteiger partial charge in [0.25, 0.3) is 0 Å². The number of ether oxygens (including phenoxy) is 1. The molecule has 0 unspecified atom stereocenters. The normalized spacial score (nSPS) is 43.1. The van der Waals surface area contributed by atoms with Gasteiger partial charge in [-0.2, -0.15) is 0 Å². The molecule has 0 aromatic heterocycles. The van der Waals surface area contributed by atoms with Gasteiger partial charge in [-0.3, -0.25) is 0 Å². The summed E-state index contributed by atoms with van der Waals surface area (Å²) in [6.45, 7) is 14.3. The van der Waals surface area contributed by atoms with Gasteiger partial charge in [0.2, 0.25) is 0 Å². The van der Waals surface area contributed by atoms with Crippen molar-refractivity contribution in [2.75, 3.05) is 0 Å². The van der Waals surface area contributed by atoms with E-state index in [2.05, 4.69) is 65.8 Å². The average Bonchev–Trinajstić information content (AvgIpc) is 2.88. The molecule has 0 aromatic carbocycles. The molecule has 2 bridgehead atoms. The molecule has 0 amide bonds. The topological polar surface area (TPSA) is 29.5 Å². The first-order valence-corrected chi connectivity index (χ1v) is 12.6. The third-order valence-electron chi connectivity index (χ3n) is 9.73. The Morgan fingerprint density at radius 1 is 1.07 bits per heavy atom. The first kappa shape index (κ1) is 22.2.